The summed E-state index contributed by atoms with van der Waals surface area (Å²) in [4.78, 5) is 47.8. The van der Waals surface area contributed by atoms with Crippen molar-refractivity contribution in [2.24, 2.45) is 5.10 Å². The van der Waals surface area contributed by atoms with Crippen LogP contribution in [0, 0.1) is 10.1 Å². The zero-order valence-corrected chi connectivity index (χ0v) is 23.0. The zero-order valence-electron chi connectivity index (χ0n) is 21.4. The average Bonchev–Trinajstić information content (AvgIpc) is 2.98. The second kappa shape index (κ2) is 13.1. The normalized spacial score (nSPS) is 10.6. The second-order valence-corrected chi connectivity index (χ2v) is 9.25. The van der Waals surface area contributed by atoms with Gasteiger partial charge in [0, 0.05) is 39.0 Å². The van der Waals surface area contributed by atoms with Gasteiger partial charge in [-0.1, -0.05) is 15.9 Å². The van der Waals surface area contributed by atoms with Crippen LogP contribution >= 0.6 is 15.9 Å². The van der Waals surface area contributed by atoms with E-state index in [9.17, 15) is 24.5 Å². The molecule has 11 nitrogen and oxygen atoms in total. The minimum Gasteiger partial charge on any atom is -0.497 e. The van der Waals surface area contributed by atoms with Gasteiger partial charge in [0.25, 0.3) is 17.5 Å². The standard InChI is InChI=1S/C29H21BrN4O7/c1-40-25-13-6-20(7-14-25)29(37)41-26-15-8-22(30)16-21(26)17-31-33-28(36)19-2-9-23(10-3-19)32-27(35)18-4-11-24(12-5-18)34(38)39/h2-17H,1H3,(H,32,35)(H,33,36)/b31-17-. The third-order valence-corrected chi connectivity index (χ3v) is 6.11. The van der Waals surface area contributed by atoms with Crippen molar-refractivity contribution in [3.05, 3.63) is 128 Å². The molecule has 41 heavy (non-hydrogen) atoms. The molecular weight excluding hydrogens is 596 g/mol. The van der Waals surface area contributed by atoms with Gasteiger partial charge in [-0.3, -0.25) is 19.7 Å². The van der Waals surface area contributed by atoms with Crippen LogP contribution in [0.25, 0.3) is 0 Å². The number of rotatable bonds is 9. The lowest BCUT2D eigenvalue weighted by Crippen LogP contribution is -2.18. The van der Waals surface area contributed by atoms with Gasteiger partial charge in [0.2, 0.25) is 0 Å². The van der Waals surface area contributed by atoms with E-state index in [1.807, 2.05) is 0 Å². The highest BCUT2D eigenvalue weighted by Gasteiger charge is 2.13. The minimum absolute atomic E-state index is 0.120. The fourth-order valence-electron chi connectivity index (χ4n) is 3.47. The lowest BCUT2D eigenvalue weighted by Gasteiger charge is -2.09. The van der Waals surface area contributed by atoms with Crippen molar-refractivity contribution in [2.45, 2.75) is 0 Å². The number of carbonyl (C=O) groups excluding carboxylic acids is 3. The van der Waals surface area contributed by atoms with E-state index in [1.165, 1.54) is 61.9 Å². The van der Waals surface area contributed by atoms with Gasteiger partial charge in [0.1, 0.15) is 11.5 Å². The number of methoxy groups -OCH3 is 1. The first-order valence-electron chi connectivity index (χ1n) is 11.9. The number of non-ortho nitro benzene ring substituents is 1. The van der Waals surface area contributed by atoms with E-state index in [-0.39, 0.29) is 22.6 Å². The van der Waals surface area contributed by atoms with E-state index in [0.29, 0.717) is 27.0 Å². The quantitative estimate of drug-likeness (QED) is 0.0816. The van der Waals surface area contributed by atoms with Gasteiger partial charge in [-0.05, 0) is 78.9 Å². The maximum absolute atomic E-state index is 12.6. The third-order valence-electron chi connectivity index (χ3n) is 5.62. The molecule has 0 unspecified atom stereocenters. The lowest BCUT2D eigenvalue weighted by atomic mass is 10.1. The Morgan fingerprint density at radius 1 is 0.854 bits per heavy atom. The number of halogens is 1. The van der Waals surface area contributed by atoms with Crippen LogP contribution in [-0.4, -0.2) is 36.0 Å². The molecule has 206 valence electrons. The van der Waals surface area contributed by atoms with Crippen LogP contribution in [0.3, 0.4) is 0 Å². The predicted molar refractivity (Wildman–Crippen MR) is 155 cm³/mol. The first-order chi connectivity index (χ1) is 19.7. The summed E-state index contributed by atoms with van der Waals surface area (Å²) in [6.07, 6.45) is 1.35. The van der Waals surface area contributed by atoms with E-state index in [0.717, 1.165) is 0 Å². The predicted octanol–water partition coefficient (Wildman–Crippen LogP) is 5.60. The number of benzene rings is 4. The Bertz CT molecular complexity index is 1620. The molecule has 0 aliphatic heterocycles. The SMILES string of the molecule is COc1ccc(C(=O)Oc2ccc(Br)cc2/C=N\NC(=O)c2ccc(NC(=O)c3ccc([N+](=O)[O-])cc3)cc2)cc1. The molecule has 0 atom stereocenters. The molecule has 2 N–H and O–H groups in total. The molecule has 4 rings (SSSR count). The Morgan fingerprint density at radius 3 is 2.10 bits per heavy atom. The van der Waals surface area contributed by atoms with Gasteiger partial charge in [0.15, 0.2) is 0 Å². The van der Waals surface area contributed by atoms with Crippen molar-refractivity contribution in [3.8, 4) is 11.5 Å². The van der Waals surface area contributed by atoms with E-state index >= 15 is 0 Å². The molecule has 2 amide bonds. The molecule has 0 aliphatic carbocycles. The van der Waals surface area contributed by atoms with E-state index in [4.69, 9.17) is 9.47 Å². The summed E-state index contributed by atoms with van der Waals surface area (Å²) in [5, 5.41) is 17.4. The highest BCUT2D eigenvalue weighted by atomic mass is 79.9. The first kappa shape index (κ1) is 28.6. The van der Waals surface area contributed by atoms with Crippen LogP contribution in [0.15, 0.2) is 101 Å². The minimum atomic E-state index is -0.575. The highest BCUT2D eigenvalue weighted by Crippen LogP contribution is 2.23. The Kier molecular flexibility index (Phi) is 9.17. The molecule has 0 spiro atoms. The van der Waals surface area contributed by atoms with Crippen LogP contribution in [-0.2, 0) is 0 Å². The summed E-state index contributed by atoms with van der Waals surface area (Å²) in [6.45, 7) is 0. The maximum atomic E-state index is 12.6. The van der Waals surface area contributed by atoms with Gasteiger partial charge in [-0.15, -0.1) is 0 Å². The fourth-order valence-corrected chi connectivity index (χ4v) is 3.85. The second-order valence-electron chi connectivity index (χ2n) is 8.33. The summed E-state index contributed by atoms with van der Waals surface area (Å²) in [5.74, 6) is -0.703. The number of hydrogen-bond acceptors (Lipinski definition) is 8. The molecule has 12 heteroatoms. The van der Waals surface area contributed by atoms with Crippen molar-refractivity contribution in [3.63, 3.8) is 0 Å². The maximum Gasteiger partial charge on any atom is 0.343 e. The Hall–Kier alpha value is -5.36. The number of nitro groups is 1. The van der Waals surface area contributed by atoms with Crippen molar-refractivity contribution in [1.29, 1.82) is 0 Å². The summed E-state index contributed by atoms with van der Waals surface area (Å²) in [5.41, 5.74) is 4.00. The van der Waals surface area contributed by atoms with Crippen LogP contribution in [0.1, 0.15) is 36.6 Å². The van der Waals surface area contributed by atoms with Gasteiger partial charge >= 0.3 is 5.97 Å². The molecule has 4 aromatic rings. The van der Waals surface area contributed by atoms with Gasteiger partial charge in [0.05, 0.1) is 23.8 Å². The molecule has 0 aliphatic rings. The number of ether oxygens (including phenoxy) is 2. The van der Waals surface area contributed by atoms with Gasteiger partial charge in [-0.2, -0.15) is 5.10 Å². The molecular formula is C29H21BrN4O7. The van der Waals surface area contributed by atoms with Crippen molar-refractivity contribution < 1.29 is 28.8 Å². The number of hydrogen-bond donors (Lipinski definition) is 2. The van der Waals surface area contributed by atoms with Crippen molar-refractivity contribution >= 4 is 51.3 Å². The number of anilines is 1. The van der Waals surface area contributed by atoms with Crippen LogP contribution in [0.2, 0.25) is 0 Å². The molecule has 0 bridgehead atoms. The molecule has 0 fully saturated rings. The Balaban J connectivity index is 1.37. The number of amides is 2. The molecule has 0 aromatic heterocycles. The summed E-state index contributed by atoms with van der Waals surface area (Å²) >= 11 is 3.37. The highest BCUT2D eigenvalue weighted by molar-refractivity contribution is 9.10. The third kappa shape index (κ3) is 7.61. The monoisotopic (exact) mass is 616 g/mol. The number of carbonyl (C=O) groups is 3. The fraction of sp³-hybridized carbons (Fsp3) is 0.0345. The van der Waals surface area contributed by atoms with E-state index in [2.05, 4.69) is 31.8 Å². The largest absolute Gasteiger partial charge is 0.497 e. The molecule has 0 saturated carbocycles. The molecule has 4 aromatic carbocycles. The number of nitrogens with zero attached hydrogens (tertiary/aromatic N) is 2. The Labute approximate surface area is 242 Å². The van der Waals surface area contributed by atoms with E-state index < -0.39 is 22.7 Å². The van der Waals surface area contributed by atoms with Gasteiger partial charge in [-0.25, -0.2) is 10.2 Å². The van der Waals surface area contributed by atoms with Crippen LogP contribution < -0.4 is 20.2 Å². The van der Waals surface area contributed by atoms with Crippen LogP contribution in [0.4, 0.5) is 11.4 Å². The zero-order chi connectivity index (χ0) is 29.4. The Morgan fingerprint density at radius 2 is 1.46 bits per heavy atom. The topological polar surface area (TPSA) is 149 Å². The smallest absolute Gasteiger partial charge is 0.343 e. The number of nitrogens with one attached hydrogen (secondary N) is 2. The number of hydrazone groups is 1. The molecule has 0 heterocycles. The summed E-state index contributed by atoms with van der Waals surface area (Å²) < 4.78 is 11.3. The summed E-state index contributed by atoms with van der Waals surface area (Å²) in [6, 6.07) is 22.7. The van der Waals surface area contributed by atoms with Crippen molar-refractivity contribution in [1.82, 2.24) is 5.43 Å². The van der Waals surface area contributed by atoms with Gasteiger partial charge < -0.3 is 14.8 Å². The van der Waals surface area contributed by atoms with Crippen molar-refractivity contribution in [2.75, 3.05) is 12.4 Å². The first-order valence-corrected chi connectivity index (χ1v) is 12.7. The van der Waals surface area contributed by atoms with E-state index in [1.54, 1.807) is 42.5 Å². The molecule has 0 radical (unpaired) electrons. The molecule has 0 saturated heterocycles. The number of nitro benzene ring substituents is 1. The average molecular weight is 617 g/mol. The summed E-state index contributed by atoms with van der Waals surface area (Å²) in [7, 11) is 1.53. The lowest BCUT2D eigenvalue weighted by molar-refractivity contribution is -0.384. The number of esters is 1. The van der Waals surface area contributed by atoms with Crippen LogP contribution in [0.5, 0.6) is 11.5 Å².